The van der Waals surface area contributed by atoms with Gasteiger partial charge in [0.1, 0.15) is 11.9 Å². The summed E-state index contributed by atoms with van der Waals surface area (Å²) in [6, 6.07) is 12.0. The Bertz CT molecular complexity index is 693. The molecular weight excluding hydrogens is 309 g/mol. The predicted molar refractivity (Wildman–Crippen MR) is 89.0 cm³/mol. The first-order valence-electron chi connectivity index (χ1n) is 7.97. The average Bonchev–Trinajstić information content (AvgIpc) is 2.88. The lowest BCUT2D eigenvalue weighted by atomic mass is 10.1. The maximum Gasteiger partial charge on any atom is 0.244 e. The molecular formula is C18H20FN3O2. The van der Waals surface area contributed by atoms with Crippen LogP contribution >= 0.6 is 0 Å². The van der Waals surface area contributed by atoms with Crippen LogP contribution in [0.3, 0.4) is 0 Å². The molecule has 0 radical (unpaired) electrons. The van der Waals surface area contributed by atoms with Crippen molar-refractivity contribution in [1.29, 1.82) is 0 Å². The molecule has 2 aromatic rings. The maximum absolute atomic E-state index is 12.9. The van der Waals surface area contributed by atoms with Gasteiger partial charge >= 0.3 is 0 Å². The van der Waals surface area contributed by atoms with Crippen LogP contribution in [0, 0.1) is 5.82 Å². The first-order chi connectivity index (χ1) is 11.6. The fourth-order valence-corrected chi connectivity index (χ4v) is 3.02. The Kier molecular flexibility index (Phi) is 4.87. The number of aliphatic hydroxyl groups is 1. The van der Waals surface area contributed by atoms with Gasteiger partial charge in [-0.25, -0.2) is 4.39 Å². The number of nitrogens with zero attached hydrogens (tertiary/aromatic N) is 2. The summed E-state index contributed by atoms with van der Waals surface area (Å²) in [4.78, 5) is 18.3. The van der Waals surface area contributed by atoms with Gasteiger partial charge in [-0.05, 0) is 37.6 Å². The van der Waals surface area contributed by atoms with Gasteiger partial charge in [0.05, 0.1) is 17.9 Å². The highest BCUT2D eigenvalue weighted by Crippen LogP contribution is 2.26. The molecule has 0 saturated carbocycles. The number of aliphatic hydroxyl groups excluding tert-OH is 1. The third kappa shape index (κ3) is 3.44. The van der Waals surface area contributed by atoms with E-state index in [9.17, 15) is 14.3 Å². The van der Waals surface area contributed by atoms with Gasteiger partial charge < -0.3 is 15.3 Å². The zero-order valence-electron chi connectivity index (χ0n) is 13.4. The van der Waals surface area contributed by atoms with Crippen molar-refractivity contribution in [3.05, 3.63) is 60.2 Å². The monoisotopic (exact) mass is 329 g/mol. The Morgan fingerprint density at radius 3 is 2.75 bits per heavy atom. The number of aromatic nitrogens is 1. The Morgan fingerprint density at radius 2 is 2.08 bits per heavy atom. The highest BCUT2D eigenvalue weighted by atomic mass is 19.1. The molecule has 2 N–H and O–H groups in total. The van der Waals surface area contributed by atoms with Crippen LogP contribution in [-0.2, 0) is 4.79 Å². The molecule has 24 heavy (non-hydrogen) atoms. The zero-order valence-corrected chi connectivity index (χ0v) is 13.4. The highest BCUT2D eigenvalue weighted by molar-refractivity contribution is 6.00. The summed E-state index contributed by atoms with van der Waals surface area (Å²) in [6.07, 6.45) is 0.843. The van der Waals surface area contributed by atoms with Crippen molar-refractivity contribution >= 4 is 11.6 Å². The fraction of sp³-hybridized carbons (Fsp3) is 0.333. The number of pyridine rings is 1. The molecule has 3 atom stereocenters. The van der Waals surface area contributed by atoms with Gasteiger partial charge in [0.25, 0.3) is 0 Å². The van der Waals surface area contributed by atoms with Gasteiger partial charge in [-0.3, -0.25) is 9.78 Å². The van der Waals surface area contributed by atoms with Gasteiger partial charge in [-0.15, -0.1) is 0 Å². The van der Waals surface area contributed by atoms with Crippen LogP contribution in [0.1, 0.15) is 25.1 Å². The molecule has 3 unspecified atom stereocenters. The minimum absolute atomic E-state index is 0.00651. The molecule has 5 nitrogen and oxygen atoms in total. The van der Waals surface area contributed by atoms with Gasteiger partial charge in [0.2, 0.25) is 5.91 Å². The molecule has 1 aromatic carbocycles. The molecule has 126 valence electrons. The van der Waals surface area contributed by atoms with Crippen molar-refractivity contribution in [2.75, 3.05) is 11.4 Å². The molecule has 0 bridgehead atoms. The molecule has 6 heteroatoms. The van der Waals surface area contributed by atoms with E-state index >= 15 is 0 Å². The van der Waals surface area contributed by atoms with Crippen LogP contribution in [0.2, 0.25) is 0 Å². The van der Waals surface area contributed by atoms with Crippen LogP contribution < -0.4 is 10.2 Å². The average molecular weight is 329 g/mol. The van der Waals surface area contributed by atoms with E-state index in [4.69, 9.17) is 0 Å². The molecule has 1 saturated heterocycles. The number of benzene rings is 1. The van der Waals surface area contributed by atoms with Crippen LogP contribution in [0.15, 0.2) is 48.7 Å². The standard InChI is InChI=1S/C18H20FN3O2/c1-12-9-16(18(24)22(12)14-5-3-2-4-6-14)21-11-17(23)15-8-7-13(19)10-20-15/h2-8,10,12,16-17,21,23H,9,11H2,1H3. The number of rotatable bonds is 5. The van der Waals surface area contributed by atoms with Crippen LogP contribution in [0.5, 0.6) is 0 Å². The Balaban J connectivity index is 1.62. The summed E-state index contributed by atoms with van der Waals surface area (Å²) in [5.41, 5.74) is 1.25. The van der Waals surface area contributed by atoms with Crippen molar-refractivity contribution in [3.63, 3.8) is 0 Å². The molecule has 1 aliphatic heterocycles. The fourth-order valence-electron chi connectivity index (χ4n) is 3.02. The quantitative estimate of drug-likeness (QED) is 0.881. The van der Waals surface area contributed by atoms with E-state index in [0.29, 0.717) is 12.1 Å². The molecule has 1 aromatic heterocycles. The number of carbonyl (C=O) groups excluding carboxylic acids is 1. The number of para-hydroxylation sites is 1. The second kappa shape index (κ2) is 7.07. The van der Waals surface area contributed by atoms with E-state index in [0.717, 1.165) is 11.9 Å². The molecule has 1 fully saturated rings. The van der Waals surface area contributed by atoms with E-state index in [-0.39, 0.29) is 24.5 Å². The lowest BCUT2D eigenvalue weighted by Crippen LogP contribution is -2.40. The van der Waals surface area contributed by atoms with Gasteiger partial charge in [-0.2, -0.15) is 0 Å². The maximum atomic E-state index is 12.9. The summed E-state index contributed by atoms with van der Waals surface area (Å²) < 4.78 is 12.9. The Hall–Kier alpha value is -2.31. The minimum Gasteiger partial charge on any atom is -0.385 e. The number of nitrogens with one attached hydrogen (secondary N) is 1. The Morgan fingerprint density at radius 1 is 1.33 bits per heavy atom. The first-order valence-corrected chi connectivity index (χ1v) is 7.97. The van der Waals surface area contributed by atoms with Crippen molar-refractivity contribution < 1.29 is 14.3 Å². The van der Waals surface area contributed by atoms with E-state index in [1.165, 1.54) is 12.1 Å². The number of halogens is 1. The third-order valence-electron chi connectivity index (χ3n) is 4.24. The Labute approximate surface area is 140 Å². The summed E-state index contributed by atoms with van der Waals surface area (Å²) in [5.74, 6) is -0.454. The second-order valence-corrected chi connectivity index (χ2v) is 6.01. The molecule has 1 aliphatic rings. The molecule has 3 rings (SSSR count). The second-order valence-electron chi connectivity index (χ2n) is 6.01. The van der Waals surface area contributed by atoms with E-state index in [1.807, 2.05) is 37.3 Å². The largest absolute Gasteiger partial charge is 0.385 e. The zero-order chi connectivity index (χ0) is 17.1. The van der Waals surface area contributed by atoms with Crippen molar-refractivity contribution in [2.24, 2.45) is 0 Å². The van der Waals surface area contributed by atoms with Crippen molar-refractivity contribution in [3.8, 4) is 0 Å². The topological polar surface area (TPSA) is 65.5 Å². The third-order valence-corrected chi connectivity index (χ3v) is 4.24. The van der Waals surface area contributed by atoms with Gasteiger partial charge in [0, 0.05) is 18.3 Å². The molecule has 2 heterocycles. The van der Waals surface area contributed by atoms with Crippen LogP contribution in [-0.4, -0.2) is 34.6 Å². The predicted octanol–water partition coefficient (Wildman–Crippen LogP) is 2.04. The molecule has 0 spiro atoms. The lowest BCUT2D eigenvalue weighted by molar-refractivity contribution is -0.119. The van der Waals surface area contributed by atoms with Crippen LogP contribution in [0.25, 0.3) is 0 Å². The van der Waals surface area contributed by atoms with Gasteiger partial charge in [-0.1, -0.05) is 18.2 Å². The number of carbonyl (C=O) groups is 1. The normalized spacial score (nSPS) is 22.0. The number of hydrogen-bond donors (Lipinski definition) is 2. The van der Waals surface area contributed by atoms with E-state index in [1.54, 1.807) is 4.90 Å². The summed E-state index contributed by atoms with van der Waals surface area (Å²) in [5, 5.41) is 13.2. The van der Waals surface area contributed by atoms with E-state index < -0.39 is 11.9 Å². The lowest BCUT2D eigenvalue weighted by Gasteiger charge is -2.21. The summed E-state index contributed by atoms with van der Waals surface area (Å²) in [7, 11) is 0. The first kappa shape index (κ1) is 16.5. The number of amides is 1. The van der Waals surface area contributed by atoms with Crippen molar-refractivity contribution in [2.45, 2.75) is 31.5 Å². The number of hydrogen-bond acceptors (Lipinski definition) is 4. The van der Waals surface area contributed by atoms with Gasteiger partial charge in [0.15, 0.2) is 0 Å². The smallest absolute Gasteiger partial charge is 0.244 e. The van der Waals surface area contributed by atoms with Crippen molar-refractivity contribution in [1.82, 2.24) is 10.3 Å². The molecule has 0 aliphatic carbocycles. The molecule has 1 amide bonds. The minimum atomic E-state index is -0.889. The summed E-state index contributed by atoms with van der Waals surface area (Å²) in [6.45, 7) is 2.19. The number of anilines is 1. The van der Waals surface area contributed by atoms with Crippen LogP contribution in [0.4, 0.5) is 10.1 Å². The highest BCUT2D eigenvalue weighted by Gasteiger charge is 2.37. The summed E-state index contributed by atoms with van der Waals surface area (Å²) >= 11 is 0. The van der Waals surface area contributed by atoms with E-state index in [2.05, 4.69) is 10.3 Å². The SMILES string of the molecule is CC1CC(NCC(O)c2ccc(F)cn2)C(=O)N1c1ccccc1.